The molecule has 0 radical (unpaired) electrons. The molecule has 1 saturated heterocycles. The van der Waals surface area contributed by atoms with E-state index in [1.165, 1.54) is 5.57 Å². The number of fused-ring (bicyclic) bond motifs is 2. The second-order valence-electron chi connectivity index (χ2n) is 6.30. The second kappa shape index (κ2) is 7.06. The molecule has 0 saturated carbocycles. The van der Waals surface area contributed by atoms with Gasteiger partial charge in [-0.05, 0) is 50.1 Å². The zero-order chi connectivity index (χ0) is 17.4. The third kappa shape index (κ3) is 2.98. The minimum absolute atomic E-state index is 0.0675. The molecule has 0 amide bonds. The van der Waals surface area contributed by atoms with Gasteiger partial charge in [-0.15, -0.1) is 0 Å². The normalized spacial score (nSPS) is 27.8. The van der Waals surface area contributed by atoms with Crippen LogP contribution in [0.15, 0.2) is 35.5 Å². The molecule has 24 heavy (non-hydrogen) atoms. The van der Waals surface area contributed by atoms with Crippen LogP contribution in [0.1, 0.15) is 25.3 Å². The maximum absolute atomic E-state index is 10.6. The number of benzene rings is 1. The SMILES string of the molecule is CC=C(NOC)C1=C(c2ccc(Cl)c(Cl)c2)CC2CC(O)[C@H]1N2C. The molecule has 3 atom stereocenters. The van der Waals surface area contributed by atoms with Crippen LogP contribution in [0.5, 0.6) is 0 Å². The van der Waals surface area contributed by atoms with Crippen molar-refractivity contribution in [2.24, 2.45) is 0 Å². The molecule has 0 aliphatic carbocycles. The Bertz CT molecular complexity index is 702. The number of aliphatic hydroxyl groups is 1. The summed E-state index contributed by atoms with van der Waals surface area (Å²) in [7, 11) is 3.65. The molecule has 1 aromatic rings. The highest BCUT2D eigenvalue weighted by Gasteiger charge is 2.46. The lowest BCUT2D eigenvalue weighted by Gasteiger charge is -2.37. The van der Waals surface area contributed by atoms with Crippen LogP contribution in [0.3, 0.4) is 0 Å². The lowest BCUT2D eigenvalue weighted by atomic mass is 9.86. The molecule has 2 unspecified atom stereocenters. The zero-order valence-corrected chi connectivity index (χ0v) is 15.5. The summed E-state index contributed by atoms with van der Waals surface area (Å²) in [5.74, 6) is 0. The van der Waals surface area contributed by atoms with Gasteiger partial charge in [-0.25, -0.2) is 0 Å². The van der Waals surface area contributed by atoms with Crippen LogP contribution in [0.25, 0.3) is 5.57 Å². The number of nitrogens with one attached hydrogen (secondary N) is 1. The van der Waals surface area contributed by atoms with Gasteiger partial charge in [0.15, 0.2) is 0 Å². The second-order valence-corrected chi connectivity index (χ2v) is 7.12. The highest BCUT2D eigenvalue weighted by molar-refractivity contribution is 6.42. The zero-order valence-electron chi connectivity index (χ0n) is 14.0. The average molecular weight is 369 g/mol. The number of likely N-dealkylation sites (N-methyl/N-ethyl adjacent to an activating group) is 1. The number of nitrogens with zero attached hydrogens (tertiary/aromatic N) is 1. The van der Waals surface area contributed by atoms with E-state index in [9.17, 15) is 5.11 Å². The molecule has 3 rings (SSSR count). The number of hydrogen-bond donors (Lipinski definition) is 2. The van der Waals surface area contributed by atoms with Crippen LogP contribution in [0, 0.1) is 0 Å². The maximum Gasteiger partial charge on any atom is 0.0752 e. The topological polar surface area (TPSA) is 44.7 Å². The summed E-state index contributed by atoms with van der Waals surface area (Å²) in [6, 6.07) is 5.96. The quantitative estimate of drug-likeness (QED) is 0.796. The number of hydrogen-bond acceptors (Lipinski definition) is 4. The summed E-state index contributed by atoms with van der Waals surface area (Å²) in [6.45, 7) is 1.95. The fourth-order valence-electron chi connectivity index (χ4n) is 3.88. The largest absolute Gasteiger partial charge is 0.391 e. The predicted octanol–water partition coefficient (Wildman–Crippen LogP) is 3.64. The van der Waals surface area contributed by atoms with Crippen molar-refractivity contribution in [1.29, 1.82) is 0 Å². The highest BCUT2D eigenvalue weighted by atomic mass is 35.5. The molecule has 0 spiro atoms. The van der Waals surface area contributed by atoms with E-state index in [4.69, 9.17) is 28.0 Å². The van der Waals surface area contributed by atoms with Crippen molar-refractivity contribution in [2.45, 2.75) is 38.0 Å². The molecule has 2 heterocycles. The van der Waals surface area contributed by atoms with E-state index >= 15 is 0 Å². The van der Waals surface area contributed by atoms with Crippen molar-refractivity contribution in [3.8, 4) is 0 Å². The van der Waals surface area contributed by atoms with Crippen LogP contribution >= 0.6 is 23.2 Å². The van der Waals surface area contributed by atoms with E-state index in [-0.39, 0.29) is 6.04 Å². The smallest absolute Gasteiger partial charge is 0.0752 e. The van der Waals surface area contributed by atoms with Gasteiger partial charge in [-0.2, -0.15) is 0 Å². The monoisotopic (exact) mass is 368 g/mol. The first kappa shape index (κ1) is 17.8. The number of hydroxylamine groups is 1. The van der Waals surface area contributed by atoms with Crippen LogP contribution in [0.4, 0.5) is 0 Å². The Labute approximate surface area is 152 Å². The van der Waals surface area contributed by atoms with Crippen molar-refractivity contribution in [3.63, 3.8) is 0 Å². The van der Waals surface area contributed by atoms with Crippen LogP contribution in [0.2, 0.25) is 10.0 Å². The van der Waals surface area contributed by atoms with Gasteiger partial charge in [-0.1, -0.05) is 35.3 Å². The highest BCUT2D eigenvalue weighted by Crippen LogP contribution is 2.45. The first-order valence-corrected chi connectivity index (χ1v) is 8.77. The Kier molecular flexibility index (Phi) is 5.23. The summed E-state index contributed by atoms with van der Waals surface area (Å²) in [6.07, 6.45) is 3.18. The van der Waals surface area contributed by atoms with Gasteiger partial charge in [0, 0.05) is 11.6 Å². The van der Waals surface area contributed by atoms with E-state index in [1.807, 2.05) is 31.2 Å². The molecule has 2 bridgehead atoms. The maximum atomic E-state index is 10.6. The minimum Gasteiger partial charge on any atom is -0.391 e. The Morgan fingerprint density at radius 2 is 2.12 bits per heavy atom. The number of aliphatic hydroxyl groups excluding tert-OH is 1. The molecular weight excluding hydrogens is 347 g/mol. The van der Waals surface area contributed by atoms with Gasteiger partial charge in [0.25, 0.3) is 0 Å². The van der Waals surface area contributed by atoms with E-state index in [0.29, 0.717) is 16.1 Å². The molecule has 2 aliphatic rings. The van der Waals surface area contributed by atoms with Gasteiger partial charge >= 0.3 is 0 Å². The van der Waals surface area contributed by atoms with E-state index in [2.05, 4.69) is 17.4 Å². The van der Waals surface area contributed by atoms with Gasteiger partial charge in [0.1, 0.15) is 0 Å². The van der Waals surface area contributed by atoms with Crippen molar-refractivity contribution in [3.05, 3.63) is 51.2 Å². The van der Waals surface area contributed by atoms with Gasteiger partial charge in [0.2, 0.25) is 0 Å². The Hall–Kier alpha value is -1.04. The van der Waals surface area contributed by atoms with Crippen molar-refractivity contribution < 1.29 is 9.94 Å². The molecule has 0 aromatic heterocycles. The molecule has 1 aromatic carbocycles. The summed E-state index contributed by atoms with van der Waals surface area (Å²) < 4.78 is 0. The van der Waals surface area contributed by atoms with Crippen LogP contribution in [-0.2, 0) is 4.84 Å². The molecule has 2 N–H and O–H groups in total. The molecular formula is C18H22Cl2N2O2. The van der Waals surface area contributed by atoms with E-state index < -0.39 is 6.10 Å². The summed E-state index contributed by atoms with van der Waals surface area (Å²) in [5, 5.41) is 11.7. The van der Waals surface area contributed by atoms with Crippen molar-refractivity contribution >= 4 is 28.8 Å². The standard InChI is InChI=1S/C18H22Cl2N2O2/c1-4-15(21-24-3)17-12(10-5-6-13(19)14(20)7-10)8-11-9-16(23)18(17)22(11)2/h4-7,11,16,18,21,23H,8-9H2,1-3H3/t11?,16?,18-/m1/s1. The summed E-state index contributed by atoms with van der Waals surface area (Å²) >= 11 is 12.3. The molecule has 1 fully saturated rings. The Morgan fingerprint density at radius 3 is 2.75 bits per heavy atom. The lowest BCUT2D eigenvalue weighted by molar-refractivity contribution is 0.109. The Balaban J connectivity index is 2.17. The fourth-order valence-corrected chi connectivity index (χ4v) is 4.18. The van der Waals surface area contributed by atoms with Gasteiger partial charge < -0.3 is 5.11 Å². The third-order valence-electron chi connectivity index (χ3n) is 5.01. The fraction of sp³-hybridized carbons (Fsp3) is 0.444. The number of halogens is 2. The molecule has 6 heteroatoms. The minimum atomic E-state index is -0.399. The first-order chi connectivity index (χ1) is 11.5. The first-order valence-electron chi connectivity index (χ1n) is 8.02. The lowest BCUT2D eigenvalue weighted by Crippen LogP contribution is -2.42. The molecule has 4 nitrogen and oxygen atoms in total. The van der Waals surface area contributed by atoms with E-state index in [1.54, 1.807) is 7.11 Å². The van der Waals surface area contributed by atoms with Crippen LogP contribution < -0.4 is 5.48 Å². The number of rotatable bonds is 4. The predicted molar refractivity (Wildman–Crippen MR) is 97.9 cm³/mol. The van der Waals surface area contributed by atoms with Crippen LogP contribution in [-0.4, -0.2) is 42.4 Å². The summed E-state index contributed by atoms with van der Waals surface area (Å²) in [5.41, 5.74) is 7.10. The summed E-state index contributed by atoms with van der Waals surface area (Å²) in [4.78, 5) is 7.40. The average Bonchev–Trinajstić information content (AvgIpc) is 2.74. The third-order valence-corrected chi connectivity index (χ3v) is 5.75. The van der Waals surface area contributed by atoms with Gasteiger partial charge in [-0.3, -0.25) is 15.2 Å². The molecule has 2 aliphatic heterocycles. The van der Waals surface area contributed by atoms with E-state index in [0.717, 1.165) is 29.7 Å². The number of allylic oxidation sites excluding steroid dienone is 1. The van der Waals surface area contributed by atoms with Gasteiger partial charge in [0.05, 0.1) is 35.0 Å². The van der Waals surface area contributed by atoms with Crippen molar-refractivity contribution in [2.75, 3.05) is 14.2 Å². The van der Waals surface area contributed by atoms with Crippen molar-refractivity contribution in [1.82, 2.24) is 10.4 Å². The molecule has 130 valence electrons. The Morgan fingerprint density at radius 1 is 1.38 bits per heavy atom.